The average Bonchev–Trinajstić information content (AvgIpc) is 2.47. The quantitative estimate of drug-likeness (QED) is 0.617. The van der Waals surface area contributed by atoms with Gasteiger partial charge in [0.05, 0.1) is 7.11 Å². The molecule has 0 saturated heterocycles. The van der Waals surface area contributed by atoms with E-state index < -0.39 is 0 Å². The second-order valence-corrected chi connectivity index (χ2v) is 5.13. The zero-order chi connectivity index (χ0) is 13.9. The lowest BCUT2D eigenvalue weighted by atomic mass is 9.99. The van der Waals surface area contributed by atoms with Crippen molar-refractivity contribution in [1.82, 2.24) is 5.32 Å². The Kier molecular flexibility index (Phi) is 8.31. The molecule has 0 aromatic heterocycles. The number of methoxy groups -OCH3 is 1. The highest BCUT2D eigenvalue weighted by molar-refractivity contribution is 5.29. The minimum atomic E-state index is 0.489. The normalized spacial score (nSPS) is 12.4. The minimum absolute atomic E-state index is 0.489. The van der Waals surface area contributed by atoms with Crippen LogP contribution in [-0.4, -0.2) is 13.7 Å². The van der Waals surface area contributed by atoms with Crippen molar-refractivity contribution in [1.29, 1.82) is 0 Å². The van der Waals surface area contributed by atoms with Gasteiger partial charge in [0.2, 0.25) is 0 Å². The number of benzene rings is 1. The van der Waals surface area contributed by atoms with Gasteiger partial charge in [0.1, 0.15) is 5.75 Å². The highest BCUT2D eigenvalue weighted by Gasteiger charge is 2.10. The first-order valence-electron chi connectivity index (χ1n) is 7.69. The smallest absolute Gasteiger partial charge is 0.118 e. The third-order valence-corrected chi connectivity index (χ3v) is 3.51. The molecule has 1 unspecified atom stereocenters. The van der Waals surface area contributed by atoms with Crippen LogP contribution in [0.2, 0.25) is 0 Å². The molecule has 0 heterocycles. The fraction of sp³-hybridized carbons (Fsp3) is 0.647. The lowest BCUT2D eigenvalue weighted by molar-refractivity contribution is 0.413. The second-order valence-electron chi connectivity index (χ2n) is 5.13. The first-order valence-corrected chi connectivity index (χ1v) is 7.69. The van der Waals surface area contributed by atoms with Gasteiger partial charge in [-0.2, -0.15) is 0 Å². The van der Waals surface area contributed by atoms with Gasteiger partial charge in [0.25, 0.3) is 0 Å². The number of hydrogen-bond donors (Lipinski definition) is 1. The van der Waals surface area contributed by atoms with Crippen molar-refractivity contribution in [2.24, 2.45) is 0 Å². The van der Waals surface area contributed by atoms with E-state index in [9.17, 15) is 0 Å². The summed E-state index contributed by atoms with van der Waals surface area (Å²) < 4.78 is 5.22. The fourth-order valence-corrected chi connectivity index (χ4v) is 2.32. The summed E-state index contributed by atoms with van der Waals surface area (Å²) in [5.74, 6) is 0.934. The summed E-state index contributed by atoms with van der Waals surface area (Å²) >= 11 is 0. The Morgan fingerprint density at radius 3 is 2.32 bits per heavy atom. The zero-order valence-corrected chi connectivity index (χ0v) is 12.7. The number of hydrogen-bond acceptors (Lipinski definition) is 2. The van der Waals surface area contributed by atoms with Crippen molar-refractivity contribution in [3.05, 3.63) is 29.8 Å². The Morgan fingerprint density at radius 2 is 1.74 bits per heavy atom. The van der Waals surface area contributed by atoms with Crippen LogP contribution in [0.3, 0.4) is 0 Å². The van der Waals surface area contributed by atoms with Crippen LogP contribution in [0.4, 0.5) is 0 Å². The molecule has 108 valence electrons. The predicted molar refractivity (Wildman–Crippen MR) is 82.8 cm³/mol. The molecule has 1 aromatic carbocycles. The molecule has 0 radical (unpaired) electrons. The summed E-state index contributed by atoms with van der Waals surface area (Å²) in [5.41, 5.74) is 1.38. The van der Waals surface area contributed by atoms with E-state index in [2.05, 4.69) is 43.4 Å². The maximum Gasteiger partial charge on any atom is 0.118 e. The Bertz CT molecular complexity index is 321. The lowest BCUT2D eigenvalue weighted by Crippen LogP contribution is -2.22. The molecule has 1 aromatic rings. The molecule has 0 spiro atoms. The van der Waals surface area contributed by atoms with Crippen molar-refractivity contribution >= 4 is 0 Å². The van der Waals surface area contributed by atoms with Gasteiger partial charge in [-0.3, -0.25) is 0 Å². The highest BCUT2D eigenvalue weighted by Crippen LogP contribution is 2.22. The third kappa shape index (κ3) is 6.11. The Morgan fingerprint density at radius 1 is 1.00 bits per heavy atom. The van der Waals surface area contributed by atoms with Crippen LogP contribution in [0.1, 0.15) is 64.0 Å². The molecule has 0 bridgehead atoms. The van der Waals surface area contributed by atoms with Crippen LogP contribution in [0.25, 0.3) is 0 Å². The van der Waals surface area contributed by atoms with E-state index in [0.717, 1.165) is 12.3 Å². The average molecular weight is 263 g/mol. The summed E-state index contributed by atoms with van der Waals surface area (Å²) in [5, 5.41) is 3.66. The summed E-state index contributed by atoms with van der Waals surface area (Å²) in [7, 11) is 1.71. The van der Waals surface area contributed by atoms with Gasteiger partial charge >= 0.3 is 0 Å². The minimum Gasteiger partial charge on any atom is -0.497 e. The topological polar surface area (TPSA) is 21.3 Å². The first-order chi connectivity index (χ1) is 9.31. The number of ether oxygens (including phenoxy) is 1. The van der Waals surface area contributed by atoms with Gasteiger partial charge in [-0.05, 0) is 37.1 Å². The molecule has 1 atom stereocenters. The molecule has 2 heteroatoms. The molecule has 0 fully saturated rings. The zero-order valence-electron chi connectivity index (χ0n) is 12.7. The lowest BCUT2D eigenvalue weighted by Gasteiger charge is -2.19. The van der Waals surface area contributed by atoms with Crippen molar-refractivity contribution in [3.63, 3.8) is 0 Å². The van der Waals surface area contributed by atoms with E-state index in [1.54, 1.807) is 7.11 Å². The molecule has 0 saturated carbocycles. The Balaban J connectivity index is 2.55. The molecule has 2 nitrogen and oxygen atoms in total. The van der Waals surface area contributed by atoms with Gasteiger partial charge in [-0.1, -0.05) is 51.7 Å². The predicted octanol–water partition coefficient (Wildman–Crippen LogP) is 4.71. The molecule has 0 aliphatic rings. The Hall–Kier alpha value is -1.02. The van der Waals surface area contributed by atoms with Crippen molar-refractivity contribution in [2.75, 3.05) is 13.7 Å². The number of unbranched alkanes of at least 4 members (excludes halogenated alkanes) is 3. The van der Waals surface area contributed by atoms with E-state index in [4.69, 9.17) is 4.74 Å². The molecule has 0 amide bonds. The maximum absolute atomic E-state index is 5.22. The van der Waals surface area contributed by atoms with Crippen molar-refractivity contribution in [3.8, 4) is 5.75 Å². The summed E-state index contributed by atoms with van der Waals surface area (Å²) in [6, 6.07) is 8.98. The second kappa shape index (κ2) is 9.85. The van der Waals surface area contributed by atoms with Crippen molar-refractivity contribution in [2.45, 2.75) is 58.4 Å². The highest BCUT2D eigenvalue weighted by atomic mass is 16.5. The maximum atomic E-state index is 5.22. The van der Waals surface area contributed by atoms with Crippen LogP contribution >= 0.6 is 0 Å². The van der Waals surface area contributed by atoms with E-state index in [-0.39, 0.29) is 0 Å². The summed E-state index contributed by atoms with van der Waals surface area (Å²) in [6.07, 6.45) is 7.71. The third-order valence-electron chi connectivity index (χ3n) is 3.51. The van der Waals surface area contributed by atoms with E-state index in [1.165, 1.54) is 44.1 Å². The van der Waals surface area contributed by atoms with E-state index in [1.807, 2.05) is 0 Å². The molecule has 1 N–H and O–H groups in total. The number of rotatable bonds is 10. The first kappa shape index (κ1) is 16.0. The van der Waals surface area contributed by atoms with Crippen LogP contribution in [0, 0.1) is 0 Å². The van der Waals surface area contributed by atoms with E-state index in [0.29, 0.717) is 6.04 Å². The standard InChI is InChI=1S/C17H29NO/c1-4-6-7-8-9-17(18-14-5-2)15-10-12-16(19-3)13-11-15/h10-13,17-18H,4-9,14H2,1-3H3. The number of nitrogens with one attached hydrogen (secondary N) is 1. The van der Waals surface area contributed by atoms with Crippen LogP contribution in [0.5, 0.6) is 5.75 Å². The monoisotopic (exact) mass is 263 g/mol. The molecular weight excluding hydrogens is 234 g/mol. The summed E-state index contributed by atoms with van der Waals surface area (Å²) in [4.78, 5) is 0. The molecule has 0 aliphatic heterocycles. The van der Waals surface area contributed by atoms with Crippen LogP contribution in [0.15, 0.2) is 24.3 Å². The molecule has 19 heavy (non-hydrogen) atoms. The van der Waals surface area contributed by atoms with Crippen LogP contribution < -0.4 is 10.1 Å². The largest absolute Gasteiger partial charge is 0.497 e. The van der Waals surface area contributed by atoms with Gasteiger partial charge in [-0.25, -0.2) is 0 Å². The van der Waals surface area contributed by atoms with Gasteiger partial charge in [-0.15, -0.1) is 0 Å². The fourth-order valence-electron chi connectivity index (χ4n) is 2.32. The molecule has 1 rings (SSSR count). The van der Waals surface area contributed by atoms with Crippen LogP contribution in [-0.2, 0) is 0 Å². The van der Waals surface area contributed by atoms with Gasteiger partial charge < -0.3 is 10.1 Å². The molecular formula is C17H29NO. The molecule has 0 aliphatic carbocycles. The van der Waals surface area contributed by atoms with Gasteiger partial charge in [0.15, 0.2) is 0 Å². The SMILES string of the molecule is CCCCCCC(NCCC)c1ccc(OC)cc1. The Labute approximate surface area is 118 Å². The van der Waals surface area contributed by atoms with Crippen molar-refractivity contribution < 1.29 is 4.74 Å². The van der Waals surface area contributed by atoms with E-state index >= 15 is 0 Å². The van der Waals surface area contributed by atoms with Gasteiger partial charge in [0, 0.05) is 6.04 Å². The summed E-state index contributed by atoms with van der Waals surface area (Å²) in [6.45, 7) is 5.57.